The van der Waals surface area contributed by atoms with Gasteiger partial charge in [-0.15, -0.1) is 0 Å². The molecule has 1 aliphatic heterocycles. The summed E-state index contributed by atoms with van der Waals surface area (Å²) in [4.78, 5) is 35.9. The average molecular weight is 372 g/mol. The van der Waals surface area contributed by atoms with Crippen molar-refractivity contribution >= 4 is 24.1 Å². The number of benzene rings is 1. The molecule has 27 heavy (non-hydrogen) atoms. The van der Waals surface area contributed by atoms with E-state index in [1.807, 2.05) is 6.92 Å². The molecule has 0 amide bonds. The zero-order valence-corrected chi connectivity index (χ0v) is 15.7. The van der Waals surface area contributed by atoms with Crippen LogP contribution in [0.15, 0.2) is 30.4 Å². The standard InChI is InChI=1S/C21H24O6/c1-13-7-8-17(23)9-15(12-22)5-4-6-16-10-18(26-3)11-19(24)20(16)21(25)27-14(13)2/h4,6-8,10-15,24H,5,9H2,1-3H3/b6-4+,8-7-/t13-,14?,15?/m1/s1. The van der Waals surface area contributed by atoms with Gasteiger partial charge in [-0.3, -0.25) is 4.79 Å². The SMILES string of the molecule is COc1cc(O)c2c(c1)/C=C/CC(C=O)CC(=O)/C=C\[C@@H](C)C(C)OC2=O. The minimum atomic E-state index is -0.669. The molecule has 0 aliphatic carbocycles. The monoisotopic (exact) mass is 372 g/mol. The molecule has 0 saturated heterocycles. The van der Waals surface area contributed by atoms with Gasteiger partial charge in [0.05, 0.1) is 7.11 Å². The molecule has 144 valence electrons. The molecule has 0 spiro atoms. The molecule has 2 unspecified atom stereocenters. The fourth-order valence-corrected chi connectivity index (χ4v) is 2.73. The largest absolute Gasteiger partial charge is 0.507 e. The summed E-state index contributed by atoms with van der Waals surface area (Å²) in [5.41, 5.74) is 0.450. The number of hydrogen-bond acceptors (Lipinski definition) is 6. The number of carbonyl (C=O) groups is 3. The Labute approximate surface area is 158 Å². The molecule has 0 fully saturated rings. The van der Waals surface area contributed by atoms with Crippen LogP contribution in [-0.2, 0) is 14.3 Å². The van der Waals surface area contributed by atoms with E-state index in [9.17, 15) is 19.5 Å². The number of cyclic esters (lactones) is 1. The second-order valence-corrected chi connectivity index (χ2v) is 6.64. The Morgan fingerprint density at radius 2 is 1.96 bits per heavy atom. The highest BCUT2D eigenvalue weighted by atomic mass is 16.5. The zero-order chi connectivity index (χ0) is 20.0. The lowest BCUT2D eigenvalue weighted by molar-refractivity contribution is -0.119. The Kier molecular flexibility index (Phi) is 6.93. The first-order valence-electron chi connectivity index (χ1n) is 8.80. The van der Waals surface area contributed by atoms with Crippen LogP contribution < -0.4 is 4.74 Å². The van der Waals surface area contributed by atoms with Crippen molar-refractivity contribution < 1.29 is 29.0 Å². The number of allylic oxidation sites excluding steroid dienone is 2. The van der Waals surface area contributed by atoms with Crippen LogP contribution >= 0.6 is 0 Å². The number of fused-ring (bicyclic) bond motifs is 1. The minimum Gasteiger partial charge on any atom is -0.507 e. The predicted octanol–water partition coefficient (Wildman–Crippen LogP) is 3.33. The van der Waals surface area contributed by atoms with Gasteiger partial charge in [-0.25, -0.2) is 4.79 Å². The lowest BCUT2D eigenvalue weighted by Crippen LogP contribution is -2.22. The van der Waals surface area contributed by atoms with Gasteiger partial charge in [0.25, 0.3) is 0 Å². The van der Waals surface area contributed by atoms with Gasteiger partial charge in [0.2, 0.25) is 0 Å². The van der Waals surface area contributed by atoms with Crippen molar-refractivity contribution in [3.8, 4) is 11.5 Å². The first-order valence-corrected chi connectivity index (χ1v) is 8.80. The number of phenols is 1. The number of carbonyl (C=O) groups excluding carboxylic acids is 3. The predicted molar refractivity (Wildman–Crippen MR) is 101 cm³/mol. The first kappa shape index (κ1) is 20.4. The molecule has 1 aromatic rings. The third-order valence-electron chi connectivity index (χ3n) is 4.57. The van der Waals surface area contributed by atoms with E-state index >= 15 is 0 Å². The molecular weight excluding hydrogens is 348 g/mol. The third kappa shape index (κ3) is 5.29. The summed E-state index contributed by atoms with van der Waals surface area (Å²) in [6.07, 6.45) is 7.10. The van der Waals surface area contributed by atoms with Gasteiger partial charge < -0.3 is 19.4 Å². The van der Waals surface area contributed by atoms with Gasteiger partial charge in [-0.05, 0) is 31.1 Å². The molecule has 1 aliphatic rings. The third-order valence-corrected chi connectivity index (χ3v) is 4.57. The fraction of sp³-hybridized carbons (Fsp3) is 0.381. The summed E-state index contributed by atoms with van der Waals surface area (Å²) < 4.78 is 10.6. The summed E-state index contributed by atoms with van der Waals surface area (Å²) in [5, 5.41) is 10.3. The lowest BCUT2D eigenvalue weighted by Gasteiger charge is -2.19. The number of aldehydes is 1. The molecule has 0 aromatic heterocycles. The molecule has 0 bridgehead atoms. The van der Waals surface area contributed by atoms with Crippen LogP contribution in [0.5, 0.6) is 11.5 Å². The van der Waals surface area contributed by atoms with Gasteiger partial charge in [0, 0.05) is 24.3 Å². The molecule has 0 radical (unpaired) electrons. The lowest BCUT2D eigenvalue weighted by atomic mass is 9.97. The quantitative estimate of drug-likeness (QED) is 0.633. The smallest absolute Gasteiger partial charge is 0.342 e. The first-order chi connectivity index (χ1) is 12.8. The Morgan fingerprint density at radius 1 is 1.22 bits per heavy atom. The van der Waals surface area contributed by atoms with Gasteiger partial charge in [-0.1, -0.05) is 25.2 Å². The topological polar surface area (TPSA) is 89.9 Å². The van der Waals surface area contributed by atoms with Crippen molar-refractivity contribution in [1.29, 1.82) is 0 Å². The number of esters is 1. The highest BCUT2D eigenvalue weighted by molar-refractivity contribution is 5.97. The molecule has 1 aromatic carbocycles. The number of hydrogen-bond donors (Lipinski definition) is 1. The molecule has 0 saturated carbocycles. The second-order valence-electron chi connectivity index (χ2n) is 6.64. The number of aromatic hydroxyl groups is 1. The van der Waals surface area contributed by atoms with Crippen LogP contribution in [0.4, 0.5) is 0 Å². The Morgan fingerprint density at radius 3 is 2.63 bits per heavy atom. The summed E-state index contributed by atoms with van der Waals surface area (Å²) in [6.45, 7) is 3.53. The van der Waals surface area contributed by atoms with E-state index < -0.39 is 18.0 Å². The number of ether oxygens (including phenoxy) is 2. The number of methoxy groups -OCH3 is 1. The van der Waals surface area contributed by atoms with Crippen LogP contribution in [-0.4, -0.2) is 36.4 Å². The molecule has 3 atom stereocenters. The maximum absolute atomic E-state index is 12.6. The van der Waals surface area contributed by atoms with Crippen molar-refractivity contribution in [1.82, 2.24) is 0 Å². The summed E-state index contributed by atoms with van der Waals surface area (Å²) >= 11 is 0. The van der Waals surface area contributed by atoms with E-state index in [1.165, 1.54) is 19.3 Å². The normalized spacial score (nSPS) is 26.3. The van der Waals surface area contributed by atoms with Gasteiger partial charge in [-0.2, -0.15) is 0 Å². The molecule has 6 nitrogen and oxygen atoms in total. The molecular formula is C21H24O6. The van der Waals surface area contributed by atoms with E-state index in [2.05, 4.69) is 0 Å². The van der Waals surface area contributed by atoms with Crippen LogP contribution in [0.2, 0.25) is 0 Å². The average Bonchev–Trinajstić information content (AvgIpc) is 2.63. The van der Waals surface area contributed by atoms with Gasteiger partial charge in [0.1, 0.15) is 29.5 Å². The molecule has 1 heterocycles. The number of phenolic OH excluding ortho intramolecular Hbond substituents is 1. The van der Waals surface area contributed by atoms with Crippen LogP contribution in [0, 0.1) is 11.8 Å². The van der Waals surface area contributed by atoms with Crippen molar-refractivity contribution in [3.05, 3.63) is 41.5 Å². The number of ketones is 1. The van der Waals surface area contributed by atoms with E-state index in [1.54, 1.807) is 31.2 Å². The zero-order valence-electron chi connectivity index (χ0n) is 15.7. The highest BCUT2D eigenvalue weighted by Gasteiger charge is 2.23. The van der Waals surface area contributed by atoms with Crippen molar-refractivity contribution in [2.45, 2.75) is 32.8 Å². The van der Waals surface area contributed by atoms with Crippen molar-refractivity contribution in [2.24, 2.45) is 11.8 Å². The highest BCUT2D eigenvalue weighted by Crippen LogP contribution is 2.30. The number of rotatable bonds is 2. The van der Waals surface area contributed by atoms with Crippen molar-refractivity contribution in [3.63, 3.8) is 0 Å². The summed E-state index contributed by atoms with van der Waals surface area (Å²) in [5.74, 6) is -1.35. The Balaban J connectivity index is 2.49. The van der Waals surface area contributed by atoms with E-state index in [0.29, 0.717) is 17.7 Å². The van der Waals surface area contributed by atoms with Crippen LogP contribution in [0.1, 0.15) is 42.6 Å². The summed E-state index contributed by atoms with van der Waals surface area (Å²) in [7, 11) is 1.45. The maximum Gasteiger partial charge on any atom is 0.342 e. The fourth-order valence-electron chi connectivity index (χ4n) is 2.73. The van der Waals surface area contributed by atoms with E-state index in [-0.39, 0.29) is 29.4 Å². The van der Waals surface area contributed by atoms with E-state index in [4.69, 9.17) is 9.47 Å². The molecule has 1 N–H and O–H groups in total. The van der Waals surface area contributed by atoms with Crippen LogP contribution in [0.25, 0.3) is 6.08 Å². The van der Waals surface area contributed by atoms with Crippen molar-refractivity contribution in [2.75, 3.05) is 7.11 Å². The second kappa shape index (κ2) is 9.16. The Hall–Kier alpha value is -2.89. The maximum atomic E-state index is 12.6. The molecule has 2 rings (SSSR count). The van der Waals surface area contributed by atoms with Gasteiger partial charge >= 0.3 is 5.97 Å². The Bertz CT molecular complexity index is 777. The van der Waals surface area contributed by atoms with Crippen LogP contribution in [0.3, 0.4) is 0 Å². The summed E-state index contributed by atoms with van der Waals surface area (Å²) in [6, 6.07) is 2.95. The molecule has 6 heteroatoms. The minimum absolute atomic E-state index is 0.0332. The van der Waals surface area contributed by atoms with Gasteiger partial charge in [0.15, 0.2) is 5.78 Å². The van der Waals surface area contributed by atoms with E-state index in [0.717, 1.165) is 6.29 Å².